The van der Waals surface area contributed by atoms with E-state index in [4.69, 9.17) is 5.84 Å². The molecule has 0 aliphatic heterocycles. The van der Waals surface area contributed by atoms with E-state index in [0.717, 1.165) is 14.2 Å². The van der Waals surface area contributed by atoms with Crippen LogP contribution in [-0.4, -0.2) is 21.4 Å². The van der Waals surface area contributed by atoms with E-state index >= 15 is 0 Å². The molecule has 0 aliphatic carbocycles. The lowest BCUT2D eigenvalue weighted by atomic mass is 10.2. The molecule has 1 heterocycles. The van der Waals surface area contributed by atoms with Crippen LogP contribution in [0.15, 0.2) is 26.9 Å². The molecule has 1 aromatic heterocycles. The fourth-order valence-electron chi connectivity index (χ4n) is 1.42. The summed E-state index contributed by atoms with van der Waals surface area (Å²) in [7, 11) is 0. The van der Waals surface area contributed by atoms with E-state index in [1.165, 1.54) is 29.2 Å². The topological polar surface area (TPSA) is 107 Å². The number of aromatic nitrogens is 2. The third kappa shape index (κ3) is 3.60. The SMILES string of the molecule is CSc1nnc(SCc2ccc(NN)c([N+](=O)[O-])c2)s1. The van der Waals surface area contributed by atoms with Crippen molar-refractivity contribution in [2.24, 2.45) is 5.84 Å². The molecule has 0 unspecified atom stereocenters. The predicted molar refractivity (Wildman–Crippen MR) is 82.2 cm³/mol. The molecule has 0 radical (unpaired) electrons. The Bertz CT molecular complexity index is 619. The van der Waals surface area contributed by atoms with E-state index in [0.29, 0.717) is 11.4 Å². The maximum absolute atomic E-state index is 10.9. The van der Waals surface area contributed by atoms with Gasteiger partial charge in [-0.3, -0.25) is 16.0 Å². The Kier molecular flexibility index (Phi) is 5.17. The molecule has 106 valence electrons. The van der Waals surface area contributed by atoms with Crippen molar-refractivity contribution in [1.82, 2.24) is 10.2 Å². The number of anilines is 1. The molecule has 0 atom stereocenters. The first kappa shape index (κ1) is 15.0. The molecule has 0 fully saturated rings. The van der Waals surface area contributed by atoms with Crippen molar-refractivity contribution in [2.75, 3.05) is 11.7 Å². The van der Waals surface area contributed by atoms with Gasteiger partial charge in [-0.15, -0.1) is 10.2 Å². The molecule has 2 aromatic rings. The zero-order valence-corrected chi connectivity index (χ0v) is 12.8. The smallest absolute Gasteiger partial charge is 0.293 e. The van der Waals surface area contributed by atoms with E-state index < -0.39 is 4.92 Å². The molecule has 7 nitrogen and oxygen atoms in total. The molecule has 3 N–H and O–H groups in total. The first-order valence-corrected chi connectivity index (χ1v) is 8.41. The van der Waals surface area contributed by atoms with Gasteiger partial charge in [-0.05, 0) is 17.9 Å². The van der Waals surface area contributed by atoms with Gasteiger partial charge in [-0.25, -0.2) is 0 Å². The van der Waals surface area contributed by atoms with E-state index in [1.807, 2.05) is 6.26 Å². The Balaban J connectivity index is 2.09. The van der Waals surface area contributed by atoms with Crippen LogP contribution in [-0.2, 0) is 5.75 Å². The van der Waals surface area contributed by atoms with Crippen molar-refractivity contribution in [3.63, 3.8) is 0 Å². The number of nitro benzene ring substituents is 1. The normalized spacial score (nSPS) is 10.5. The van der Waals surface area contributed by atoms with Crippen LogP contribution in [0.1, 0.15) is 5.56 Å². The van der Waals surface area contributed by atoms with Crippen LogP contribution in [0.2, 0.25) is 0 Å². The Labute approximate surface area is 127 Å². The molecule has 10 heteroatoms. The highest BCUT2D eigenvalue weighted by Crippen LogP contribution is 2.31. The number of nitrogens with one attached hydrogen (secondary N) is 1. The third-order valence-corrected chi connectivity index (χ3v) is 5.44. The van der Waals surface area contributed by atoms with Crippen LogP contribution in [0.5, 0.6) is 0 Å². The average molecular weight is 329 g/mol. The lowest BCUT2D eigenvalue weighted by molar-refractivity contribution is -0.384. The number of benzene rings is 1. The van der Waals surface area contributed by atoms with Crippen LogP contribution in [0.3, 0.4) is 0 Å². The zero-order valence-electron chi connectivity index (χ0n) is 10.4. The van der Waals surface area contributed by atoms with Gasteiger partial charge < -0.3 is 5.43 Å². The number of nitrogen functional groups attached to an aromatic ring is 1. The maximum Gasteiger partial charge on any atom is 0.293 e. The Morgan fingerprint density at radius 3 is 2.80 bits per heavy atom. The maximum atomic E-state index is 10.9. The average Bonchev–Trinajstić information content (AvgIpc) is 2.92. The Hall–Kier alpha value is -1.36. The quantitative estimate of drug-likeness (QED) is 0.360. The van der Waals surface area contributed by atoms with Gasteiger partial charge in [0.1, 0.15) is 5.69 Å². The number of nitrogens with two attached hydrogens (primary N) is 1. The molecule has 2 rings (SSSR count). The molecule has 0 aliphatic rings. The monoisotopic (exact) mass is 329 g/mol. The van der Waals surface area contributed by atoms with Gasteiger partial charge in [0, 0.05) is 11.8 Å². The highest BCUT2D eigenvalue weighted by Gasteiger charge is 2.14. The van der Waals surface area contributed by atoms with Crippen LogP contribution in [0.25, 0.3) is 0 Å². The molecular formula is C10H11N5O2S3. The van der Waals surface area contributed by atoms with Crippen molar-refractivity contribution >= 4 is 46.2 Å². The van der Waals surface area contributed by atoms with Gasteiger partial charge in [-0.1, -0.05) is 40.9 Å². The molecule has 0 bridgehead atoms. The van der Waals surface area contributed by atoms with Crippen LogP contribution < -0.4 is 11.3 Å². The number of nitrogens with zero attached hydrogens (tertiary/aromatic N) is 3. The number of hydrogen-bond acceptors (Lipinski definition) is 9. The molecule has 1 aromatic carbocycles. The largest absolute Gasteiger partial charge is 0.318 e. The second-order valence-electron chi connectivity index (χ2n) is 3.58. The molecule has 0 saturated carbocycles. The summed E-state index contributed by atoms with van der Waals surface area (Å²) < 4.78 is 1.75. The van der Waals surface area contributed by atoms with Crippen molar-refractivity contribution in [3.05, 3.63) is 33.9 Å². The summed E-state index contributed by atoms with van der Waals surface area (Å²) in [6, 6.07) is 4.91. The minimum absolute atomic E-state index is 0.0346. The van der Waals surface area contributed by atoms with E-state index in [-0.39, 0.29) is 5.69 Å². The van der Waals surface area contributed by atoms with Gasteiger partial charge in [0.2, 0.25) is 0 Å². The van der Waals surface area contributed by atoms with E-state index in [9.17, 15) is 10.1 Å². The fraction of sp³-hybridized carbons (Fsp3) is 0.200. The van der Waals surface area contributed by atoms with Crippen LogP contribution in [0.4, 0.5) is 11.4 Å². The van der Waals surface area contributed by atoms with E-state index in [2.05, 4.69) is 15.6 Å². The third-order valence-electron chi connectivity index (χ3n) is 2.34. The lowest BCUT2D eigenvalue weighted by Gasteiger charge is -2.04. The van der Waals surface area contributed by atoms with Crippen LogP contribution >= 0.6 is 34.9 Å². The van der Waals surface area contributed by atoms with Crippen molar-refractivity contribution in [3.8, 4) is 0 Å². The predicted octanol–water partition coefficient (Wildman–Crippen LogP) is 2.75. The number of hydrogen-bond donors (Lipinski definition) is 2. The van der Waals surface area contributed by atoms with Gasteiger partial charge in [0.05, 0.1) is 4.92 Å². The summed E-state index contributed by atoms with van der Waals surface area (Å²) in [5, 5.41) is 19.0. The zero-order chi connectivity index (χ0) is 14.5. The van der Waals surface area contributed by atoms with Gasteiger partial charge in [-0.2, -0.15) is 0 Å². The second kappa shape index (κ2) is 6.88. The lowest BCUT2D eigenvalue weighted by Crippen LogP contribution is -2.09. The summed E-state index contributed by atoms with van der Waals surface area (Å²) in [6.45, 7) is 0. The summed E-state index contributed by atoms with van der Waals surface area (Å²) in [6.07, 6.45) is 1.94. The van der Waals surface area contributed by atoms with Crippen molar-refractivity contribution in [1.29, 1.82) is 0 Å². The van der Waals surface area contributed by atoms with Gasteiger partial charge in [0.15, 0.2) is 8.68 Å². The minimum atomic E-state index is -0.458. The summed E-state index contributed by atoms with van der Waals surface area (Å²) in [5.41, 5.74) is 3.41. The molecular weight excluding hydrogens is 318 g/mol. The molecule has 0 saturated heterocycles. The van der Waals surface area contributed by atoms with Gasteiger partial charge in [0.25, 0.3) is 5.69 Å². The Morgan fingerprint density at radius 1 is 1.45 bits per heavy atom. The number of nitro groups is 1. The first-order chi connectivity index (χ1) is 9.63. The van der Waals surface area contributed by atoms with Crippen molar-refractivity contribution < 1.29 is 4.92 Å². The first-order valence-electron chi connectivity index (χ1n) is 5.38. The highest BCUT2D eigenvalue weighted by molar-refractivity contribution is 8.02. The molecule has 20 heavy (non-hydrogen) atoms. The number of thioether (sulfide) groups is 2. The number of rotatable bonds is 6. The Morgan fingerprint density at radius 2 is 2.20 bits per heavy atom. The summed E-state index contributed by atoms with van der Waals surface area (Å²) in [5.74, 6) is 5.83. The standard InChI is InChI=1S/C10H11N5O2S3/c1-18-9-13-14-10(20-9)19-5-6-2-3-7(12-11)8(4-6)15(16)17/h2-4,12H,5,11H2,1H3. The van der Waals surface area contributed by atoms with Gasteiger partial charge >= 0.3 is 0 Å². The summed E-state index contributed by atoms with van der Waals surface area (Å²) in [4.78, 5) is 10.5. The highest BCUT2D eigenvalue weighted by atomic mass is 32.2. The molecule has 0 spiro atoms. The van der Waals surface area contributed by atoms with E-state index in [1.54, 1.807) is 23.9 Å². The summed E-state index contributed by atoms with van der Waals surface area (Å²) >= 11 is 4.55. The molecule has 0 amide bonds. The van der Waals surface area contributed by atoms with Crippen molar-refractivity contribution in [2.45, 2.75) is 14.4 Å². The fourth-order valence-corrected chi connectivity index (χ4v) is 3.80. The second-order valence-corrected chi connectivity index (χ2v) is 6.83. The number of hydrazine groups is 1. The minimum Gasteiger partial charge on any atom is -0.318 e. The van der Waals surface area contributed by atoms with Crippen LogP contribution in [0, 0.1) is 10.1 Å².